The van der Waals surface area contributed by atoms with Crippen LogP contribution in [-0.2, 0) is 21.4 Å². The van der Waals surface area contributed by atoms with Crippen molar-refractivity contribution in [2.24, 2.45) is 0 Å². The molecule has 3 aromatic carbocycles. The van der Waals surface area contributed by atoms with Gasteiger partial charge in [0.2, 0.25) is 10.0 Å². The molecule has 0 fully saturated rings. The summed E-state index contributed by atoms with van der Waals surface area (Å²) < 4.78 is 54.7. The second kappa shape index (κ2) is 9.18. The van der Waals surface area contributed by atoms with Crippen LogP contribution in [0.4, 0.5) is 4.39 Å². The van der Waals surface area contributed by atoms with Crippen LogP contribution < -0.4 is 4.74 Å². The summed E-state index contributed by atoms with van der Waals surface area (Å²) in [5.41, 5.74) is 1.82. The third-order valence-electron chi connectivity index (χ3n) is 5.30. The Labute approximate surface area is 182 Å². The maximum absolute atomic E-state index is 14.7. The number of benzene rings is 3. The number of halogens is 1. The minimum atomic E-state index is -4.13. The summed E-state index contributed by atoms with van der Waals surface area (Å²) in [6.45, 7) is 2.37. The van der Waals surface area contributed by atoms with Crippen molar-refractivity contribution in [2.75, 3.05) is 13.2 Å². The molecule has 1 heterocycles. The Morgan fingerprint density at radius 2 is 1.71 bits per heavy atom. The van der Waals surface area contributed by atoms with Gasteiger partial charge in [-0.1, -0.05) is 66.7 Å². The molecule has 4 rings (SSSR count). The lowest BCUT2D eigenvalue weighted by Crippen LogP contribution is -2.40. The quantitative estimate of drug-likeness (QED) is 0.563. The summed E-state index contributed by atoms with van der Waals surface area (Å²) in [7, 11) is -4.13. The average molecular weight is 442 g/mol. The van der Waals surface area contributed by atoms with Gasteiger partial charge in [0.1, 0.15) is 17.7 Å². The zero-order valence-electron chi connectivity index (χ0n) is 17.1. The van der Waals surface area contributed by atoms with Gasteiger partial charge in [-0.15, -0.1) is 0 Å². The van der Waals surface area contributed by atoms with Crippen molar-refractivity contribution in [2.45, 2.75) is 30.6 Å². The molecule has 0 N–H and O–H groups in total. The number of ether oxygens (including phenoxy) is 2. The van der Waals surface area contributed by atoms with E-state index in [0.717, 1.165) is 17.2 Å². The lowest BCUT2D eigenvalue weighted by atomic mass is 10.1. The molecule has 0 amide bonds. The summed E-state index contributed by atoms with van der Waals surface area (Å²) in [5, 5.41) is 0. The van der Waals surface area contributed by atoms with E-state index in [0.29, 0.717) is 6.61 Å². The fourth-order valence-electron chi connectivity index (χ4n) is 3.70. The number of hydrogen-bond acceptors (Lipinski definition) is 4. The molecule has 1 aliphatic heterocycles. The SMILES string of the molecule is CC(c1ccccc1)N1CC(COCc2ccccc2)Oc2cccc(F)c2S1(=O)=O. The molecule has 31 heavy (non-hydrogen) atoms. The first-order valence-electron chi connectivity index (χ1n) is 10.1. The lowest BCUT2D eigenvalue weighted by molar-refractivity contribution is 0.0312. The number of sulfonamides is 1. The highest BCUT2D eigenvalue weighted by atomic mass is 32.2. The molecule has 3 aromatic rings. The van der Waals surface area contributed by atoms with Gasteiger partial charge in [-0.25, -0.2) is 12.8 Å². The smallest absolute Gasteiger partial charge is 0.250 e. The Bertz CT molecular complexity index is 1120. The van der Waals surface area contributed by atoms with E-state index in [9.17, 15) is 12.8 Å². The van der Waals surface area contributed by atoms with Crippen LogP contribution in [0.25, 0.3) is 0 Å². The van der Waals surface area contributed by atoms with Crippen LogP contribution in [0.5, 0.6) is 5.75 Å². The van der Waals surface area contributed by atoms with Crippen molar-refractivity contribution >= 4 is 10.0 Å². The highest BCUT2D eigenvalue weighted by Crippen LogP contribution is 2.37. The van der Waals surface area contributed by atoms with Crippen LogP contribution in [0, 0.1) is 5.82 Å². The minimum absolute atomic E-state index is 0.0103. The molecule has 2 unspecified atom stereocenters. The zero-order chi connectivity index (χ0) is 21.8. The van der Waals surface area contributed by atoms with Crippen molar-refractivity contribution in [3.05, 3.63) is 95.8 Å². The number of fused-ring (bicyclic) bond motifs is 1. The monoisotopic (exact) mass is 441 g/mol. The maximum Gasteiger partial charge on any atom is 0.250 e. The van der Waals surface area contributed by atoms with Crippen molar-refractivity contribution in [1.82, 2.24) is 4.31 Å². The third-order valence-corrected chi connectivity index (χ3v) is 7.30. The fourth-order valence-corrected chi connectivity index (χ4v) is 5.52. The Kier molecular flexibility index (Phi) is 6.36. The largest absolute Gasteiger partial charge is 0.485 e. The van der Waals surface area contributed by atoms with Crippen molar-refractivity contribution < 1.29 is 22.3 Å². The Hall–Kier alpha value is -2.74. The Morgan fingerprint density at radius 3 is 2.42 bits per heavy atom. The molecule has 7 heteroatoms. The van der Waals surface area contributed by atoms with E-state index < -0.39 is 32.9 Å². The number of rotatable bonds is 6. The second-order valence-corrected chi connectivity index (χ2v) is 9.30. The normalized spacial score (nSPS) is 19.1. The van der Waals surface area contributed by atoms with Crippen LogP contribution in [-0.4, -0.2) is 32.0 Å². The van der Waals surface area contributed by atoms with Gasteiger partial charge < -0.3 is 9.47 Å². The molecule has 0 saturated heterocycles. The molecule has 0 aromatic heterocycles. The van der Waals surface area contributed by atoms with Crippen molar-refractivity contribution in [3.63, 3.8) is 0 Å². The standard InChI is InChI=1S/C24H24FNO4S/c1-18(20-11-6-3-7-12-20)26-15-21(17-29-16-19-9-4-2-5-10-19)30-23-14-8-13-22(25)24(23)31(26,27)28/h2-14,18,21H,15-17H2,1H3. The fraction of sp³-hybridized carbons (Fsp3) is 0.250. The Morgan fingerprint density at radius 1 is 1.03 bits per heavy atom. The van der Waals surface area contributed by atoms with Crippen molar-refractivity contribution in [3.8, 4) is 5.75 Å². The molecule has 0 radical (unpaired) electrons. The van der Waals surface area contributed by atoms with E-state index in [-0.39, 0.29) is 18.9 Å². The van der Waals surface area contributed by atoms with Crippen LogP contribution in [0.3, 0.4) is 0 Å². The minimum Gasteiger partial charge on any atom is -0.485 e. The highest BCUT2D eigenvalue weighted by Gasteiger charge is 2.40. The molecule has 1 aliphatic rings. The van der Waals surface area contributed by atoms with E-state index in [1.165, 1.54) is 16.4 Å². The zero-order valence-corrected chi connectivity index (χ0v) is 18.0. The third kappa shape index (κ3) is 4.63. The van der Waals surface area contributed by atoms with Crippen LogP contribution >= 0.6 is 0 Å². The van der Waals surface area contributed by atoms with Gasteiger partial charge in [-0.2, -0.15) is 4.31 Å². The lowest BCUT2D eigenvalue weighted by Gasteiger charge is -2.29. The average Bonchev–Trinajstić information content (AvgIpc) is 2.89. The van der Waals surface area contributed by atoms with E-state index >= 15 is 0 Å². The first kappa shape index (κ1) is 21.5. The first-order valence-corrected chi connectivity index (χ1v) is 11.5. The van der Waals surface area contributed by atoms with E-state index in [2.05, 4.69) is 0 Å². The molecule has 0 aliphatic carbocycles. The van der Waals surface area contributed by atoms with Gasteiger partial charge in [-0.05, 0) is 30.2 Å². The summed E-state index contributed by atoms with van der Waals surface area (Å²) >= 11 is 0. The summed E-state index contributed by atoms with van der Waals surface area (Å²) in [5.74, 6) is -0.815. The van der Waals surface area contributed by atoms with E-state index in [4.69, 9.17) is 9.47 Å². The topological polar surface area (TPSA) is 55.8 Å². The molecule has 0 saturated carbocycles. The molecule has 0 bridgehead atoms. The number of hydrogen-bond donors (Lipinski definition) is 0. The summed E-state index contributed by atoms with van der Waals surface area (Å²) in [6.07, 6.45) is -0.590. The molecular weight excluding hydrogens is 417 g/mol. The highest BCUT2D eigenvalue weighted by molar-refractivity contribution is 7.89. The number of nitrogens with zero attached hydrogens (tertiary/aromatic N) is 1. The van der Waals surface area contributed by atoms with Gasteiger partial charge in [0.15, 0.2) is 4.90 Å². The summed E-state index contributed by atoms with van der Waals surface area (Å²) in [4.78, 5) is -0.427. The van der Waals surface area contributed by atoms with E-state index in [1.54, 1.807) is 6.92 Å². The van der Waals surface area contributed by atoms with Crippen LogP contribution in [0.15, 0.2) is 83.8 Å². The van der Waals surface area contributed by atoms with Gasteiger partial charge in [0.05, 0.1) is 19.8 Å². The maximum atomic E-state index is 14.7. The predicted molar refractivity (Wildman–Crippen MR) is 116 cm³/mol. The predicted octanol–water partition coefficient (Wildman–Crippen LogP) is 4.56. The molecule has 5 nitrogen and oxygen atoms in total. The van der Waals surface area contributed by atoms with Crippen molar-refractivity contribution in [1.29, 1.82) is 0 Å². The second-order valence-electron chi connectivity index (χ2n) is 7.47. The first-order chi connectivity index (χ1) is 15.0. The summed E-state index contributed by atoms with van der Waals surface area (Å²) in [6, 6.07) is 22.5. The molecule has 162 valence electrons. The van der Waals surface area contributed by atoms with Gasteiger partial charge in [0.25, 0.3) is 0 Å². The van der Waals surface area contributed by atoms with Gasteiger partial charge >= 0.3 is 0 Å². The van der Waals surface area contributed by atoms with Crippen LogP contribution in [0.1, 0.15) is 24.1 Å². The molecule has 2 atom stereocenters. The van der Waals surface area contributed by atoms with Crippen LogP contribution in [0.2, 0.25) is 0 Å². The van der Waals surface area contributed by atoms with Gasteiger partial charge in [-0.3, -0.25) is 0 Å². The molecular formula is C24H24FNO4S. The van der Waals surface area contributed by atoms with Gasteiger partial charge in [0, 0.05) is 6.04 Å². The Balaban J connectivity index is 1.64. The van der Waals surface area contributed by atoms with E-state index in [1.807, 2.05) is 60.7 Å². The molecule has 0 spiro atoms.